The van der Waals surface area contributed by atoms with Crippen LogP contribution in [-0.2, 0) is 12.4 Å². The normalized spacial score (nSPS) is 12.1. The topological polar surface area (TPSA) is 59.8 Å². The van der Waals surface area contributed by atoms with Crippen molar-refractivity contribution in [1.29, 1.82) is 0 Å². The second-order valence-electron chi connectivity index (χ2n) is 5.68. The van der Waals surface area contributed by atoms with Gasteiger partial charge in [0.15, 0.2) is 11.5 Å². The maximum absolute atomic E-state index is 13.5. The Morgan fingerprint density at radius 2 is 1.62 bits per heavy atom. The molecule has 12 heteroatoms. The lowest BCUT2D eigenvalue weighted by molar-refractivity contribution is -0.143. The first kappa shape index (κ1) is 20.3. The predicted molar refractivity (Wildman–Crippen MR) is 85.7 cm³/mol. The maximum Gasteiger partial charge on any atom is 0.435 e. The zero-order valence-electron chi connectivity index (χ0n) is 14.0. The number of anilines is 1. The summed E-state index contributed by atoms with van der Waals surface area (Å²) in [5.41, 5.74) is -3.87. The molecule has 2 heterocycles. The first-order valence-electron chi connectivity index (χ1n) is 7.72. The predicted octanol–water partition coefficient (Wildman–Crippen LogP) is 4.70. The largest absolute Gasteiger partial charge is 0.435 e. The van der Waals surface area contributed by atoms with Gasteiger partial charge in [-0.2, -0.15) is 31.4 Å². The van der Waals surface area contributed by atoms with Crippen LogP contribution in [0.2, 0.25) is 0 Å². The SMILES string of the molecule is O=C(Nc1ccc(-n2nc(C(F)(F)F)cc2C(F)(F)F)cc1)c1ccncc1F. The number of nitrogens with one attached hydrogen (secondary N) is 1. The zero-order chi connectivity index (χ0) is 21.4. The number of amides is 1. The summed E-state index contributed by atoms with van der Waals surface area (Å²) in [5, 5.41) is 5.31. The third-order valence-electron chi connectivity index (χ3n) is 3.68. The molecule has 152 valence electrons. The lowest BCUT2D eigenvalue weighted by Crippen LogP contribution is -2.15. The van der Waals surface area contributed by atoms with Crippen LogP contribution in [0.4, 0.5) is 36.4 Å². The van der Waals surface area contributed by atoms with Crippen molar-refractivity contribution in [3.63, 3.8) is 0 Å². The number of hydrogen-bond donors (Lipinski definition) is 1. The third kappa shape index (κ3) is 4.36. The number of pyridine rings is 1. The molecule has 0 fully saturated rings. The second kappa shape index (κ2) is 7.18. The van der Waals surface area contributed by atoms with Crippen LogP contribution >= 0.6 is 0 Å². The number of rotatable bonds is 3. The molecule has 0 spiro atoms. The molecule has 0 atom stereocenters. The number of carbonyl (C=O) groups is 1. The van der Waals surface area contributed by atoms with Gasteiger partial charge in [-0.1, -0.05) is 0 Å². The highest BCUT2D eigenvalue weighted by atomic mass is 19.4. The summed E-state index contributed by atoms with van der Waals surface area (Å²) in [7, 11) is 0. The van der Waals surface area contributed by atoms with Gasteiger partial charge in [0, 0.05) is 18.0 Å². The Balaban J connectivity index is 1.90. The highest BCUT2D eigenvalue weighted by Crippen LogP contribution is 2.36. The second-order valence-corrected chi connectivity index (χ2v) is 5.68. The van der Waals surface area contributed by atoms with E-state index in [1.807, 2.05) is 0 Å². The summed E-state index contributed by atoms with van der Waals surface area (Å²) in [5.74, 6) is -1.72. The van der Waals surface area contributed by atoms with Crippen LogP contribution in [0.1, 0.15) is 21.7 Å². The van der Waals surface area contributed by atoms with E-state index in [9.17, 15) is 35.5 Å². The van der Waals surface area contributed by atoms with E-state index in [0.717, 1.165) is 36.5 Å². The summed E-state index contributed by atoms with van der Waals surface area (Å²) in [6.07, 6.45) is -8.13. The molecular weight excluding hydrogens is 409 g/mol. The van der Waals surface area contributed by atoms with Crippen molar-refractivity contribution in [3.05, 3.63) is 71.6 Å². The number of carbonyl (C=O) groups excluding carboxylic acids is 1. The minimum Gasteiger partial charge on any atom is -0.322 e. The van der Waals surface area contributed by atoms with Crippen LogP contribution in [0, 0.1) is 5.82 Å². The summed E-state index contributed by atoms with van der Waals surface area (Å²) >= 11 is 0. The van der Waals surface area contributed by atoms with E-state index in [1.165, 1.54) is 6.20 Å². The lowest BCUT2D eigenvalue weighted by Gasteiger charge is -2.11. The van der Waals surface area contributed by atoms with Gasteiger partial charge in [0.2, 0.25) is 0 Å². The molecule has 1 N–H and O–H groups in total. The van der Waals surface area contributed by atoms with E-state index in [2.05, 4.69) is 15.4 Å². The quantitative estimate of drug-likeness (QED) is 0.628. The lowest BCUT2D eigenvalue weighted by atomic mass is 10.2. The van der Waals surface area contributed by atoms with Gasteiger partial charge in [-0.25, -0.2) is 9.07 Å². The van der Waals surface area contributed by atoms with Crippen molar-refractivity contribution in [3.8, 4) is 5.69 Å². The fourth-order valence-electron chi connectivity index (χ4n) is 2.36. The molecule has 0 aliphatic heterocycles. The Hall–Kier alpha value is -3.44. The van der Waals surface area contributed by atoms with E-state index < -0.39 is 35.5 Å². The summed E-state index contributed by atoms with van der Waals surface area (Å²) in [4.78, 5) is 15.5. The fourth-order valence-corrected chi connectivity index (χ4v) is 2.36. The van der Waals surface area contributed by atoms with E-state index in [1.54, 1.807) is 0 Å². The molecule has 1 amide bonds. The molecule has 0 unspecified atom stereocenters. The van der Waals surface area contributed by atoms with Gasteiger partial charge >= 0.3 is 12.4 Å². The molecule has 5 nitrogen and oxygen atoms in total. The number of hydrogen-bond acceptors (Lipinski definition) is 3. The Labute approximate surface area is 157 Å². The van der Waals surface area contributed by atoms with Crippen LogP contribution in [0.5, 0.6) is 0 Å². The Morgan fingerprint density at radius 1 is 0.966 bits per heavy atom. The molecule has 29 heavy (non-hydrogen) atoms. The molecular formula is C17H9F7N4O. The van der Waals surface area contributed by atoms with Gasteiger partial charge in [-0.05, 0) is 30.3 Å². The first-order chi connectivity index (χ1) is 13.5. The Bertz CT molecular complexity index is 1040. The third-order valence-corrected chi connectivity index (χ3v) is 3.68. The maximum atomic E-state index is 13.5. The van der Waals surface area contributed by atoms with Crippen molar-refractivity contribution in [2.75, 3.05) is 5.32 Å². The number of halogens is 7. The first-order valence-corrected chi connectivity index (χ1v) is 7.72. The Morgan fingerprint density at radius 3 is 2.17 bits per heavy atom. The molecule has 0 radical (unpaired) electrons. The van der Waals surface area contributed by atoms with Gasteiger partial charge in [0.05, 0.1) is 17.4 Å². The number of aromatic nitrogens is 3. The van der Waals surface area contributed by atoms with Crippen molar-refractivity contribution < 1.29 is 35.5 Å². The summed E-state index contributed by atoms with van der Waals surface area (Å²) in [6, 6.07) is 5.36. The summed E-state index contributed by atoms with van der Waals surface area (Å²) < 4.78 is 91.2. The molecule has 0 aliphatic rings. The van der Waals surface area contributed by atoms with Crippen LogP contribution in [-0.4, -0.2) is 20.7 Å². The smallest absolute Gasteiger partial charge is 0.322 e. The average Bonchev–Trinajstić information content (AvgIpc) is 3.09. The van der Waals surface area contributed by atoms with Crippen LogP contribution in [0.15, 0.2) is 48.8 Å². The van der Waals surface area contributed by atoms with Crippen molar-refractivity contribution in [1.82, 2.24) is 14.8 Å². The molecule has 0 saturated carbocycles. The number of nitrogens with zero attached hydrogens (tertiary/aromatic N) is 3. The zero-order valence-corrected chi connectivity index (χ0v) is 14.0. The highest BCUT2D eigenvalue weighted by Gasteiger charge is 2.42. The van der Waals surface area contributed by atoms with Crippen LogP contribution in [0.3, 0.4) is 0 Å². The number of alkyl halides is 6. The van der Waals surface area contributed by atoms with E-state index in [0.29, 0.717) is 0 Å². The fraction of sp³-hybridized carbons (Fsp3) is 0.118. The average molecular weight is 418 g/mol. The molecule has 3 rings (SSSR count). The Kier molecular flexibility index (Phi) is 5.03. The van der Waals surface area contributed by atoms with Gasteiger partial charge < -0.3 is 5.32 Å². The van der Waals surface area contributed by atoms with Crippen molar-refractivity contribution >= 4 is 11.6 Å². The molecule has 0 bridgehead atoms. The molecule has 0 aliphatic carbocycles. The van der Waals surface area contributed by atoms with E-state index in [4.69, 9.17) is 0 Å². The molecule has 3 aromatic rings. The standard InChI is InChI=1S/C17H9F7N4O/c18-12-8-25-6-5-11(12)15(29)26-9-1-3-10(4-2-9)28-14(17(22,23)24)7-13(27-28)16(19,20)21/h1-8H,(H,26,29). The van der Waals surface area contributed by atoms with E-state index >= 15 is 0 Å². The molecule has 1 aromatic carbocycles. The van der Waals surface area contributed by atoms with Crippen LogP contribution in [0.25, 0.3) is 5.69 Å². The van der Waals surface area contributed by atoms with Crippen LogP contribution < -0.4 is 5.32 Å². The highest BCUT2D eigenvalue weighted by molar-refractivity contribution is 6.04. The van der Waals surface area contributed by atoms with Gasteiger partial charge in [-0.3, -0.25) is 9.78 Å². The van der Waals surface area contributed by atoms with Crippen molar-refractivity contribution in [2.45, 2.75) is 12.4 Å². The minimum absolute atomic E-state index is 0.0757. The van der Waals surface area contributed by atoms with Gasteiger partial charge in [0.1, 0.15) is 5.69 Å². The minimum atomic E-state index is -5.08. The number of benzene rings is 1. The molecule has 2 aromatic heterocycles. The van der Waals surface area contributed by atoms with Gasteiger partial charge in [-0.15, -0.1) is 0 Å². The monoisotopic (exact) mass is 418 g/mol. The molecule has 0 saturated heterocycles. The van der Waals surface area contributed by atoms with Crippen molar-refractivity contribution in [2.24, 2.45) is 0 Å². The van der Waals surface area contributed by atoms with Gasteiger partial charge in [0.25, 0.3) is 5.91 Å². The summed E-state index contributed by atoms with van der Waals surface area (Å²) in [6.45, 7) is 0. The van der Waals surface area contributed by atoms with E-state index in [-0.39, 0.29) is 27.7 Å².